The van der Waals surface area contributed by atoms with Gasteiger partial charge in [0, 0.05) is 41.5 Å². The number of halogens is 2. The van der Waals surface area contributed by atoms with Gasteiger partial charge in [-0.1, -0.05) is 47.5 Å². The maximum Gasteiger partial charge on any atom is 0.303 e. The van der Waals surface area contributed by atoms with Crippen molar-refractivity contribution in [2.45, 2.75) is 62.5 Å². The van der Waals surface area contributed by atoms with Crippen LogP contribution in [0.15, 0.2) is 48.5 Å². The first-order valence-corrected chi connectivity index (χ1v) is 12.6. The van der Waals surface area contributed by atoms with Gasteiger partial charge in [-0.3, -0.25) is 9.59 Å². The van der Waals surface area contributed by atoms with Crippen LogP contribution in [0.3, 0.4) is 0 Å². The van der Waals surface area contributed by atoms with Crippen molar-refractivity contribution in [2.75, 3.05) is 13.2 Å². The first kappa shape index (κ1) is 25.2. The summed E-state index contributed by atoms with van der Waals surface area (Å²) in [6.07, 6.45) is 2.69. The maximum absolute atomic E-state index is 14.0. The first-order chi connectivity index (χ1) is 16.3. The molecule has 34 heavy (non-hydrogen) atoms. The number of benzene rings is 2. The number of aliphatic carboxylic acids is 1. The van der Waals surface area contributed by atoms with Gasteiger partial charge >= 0.3 is 5.97 Å². The lowest BCUT2D eigenvalue weighted by atomic mass is 9.69. The molecule has 7 heteroatoms. The summed E-state index contributed by atoms with van der Waals surface area (Å²) in [4.78, 5) is 25.4. The standard InChI is InChI=1S/C27H31Cl2NO4/c1-27(25-6-3-11-34-25,19-7-9-20(28)10-8-19)24(31)15-23-22(18-4-2-5-21(29)14-18)12-17(16-30-23)13-26(32)33/h2,4-5,7-10,14,17,22-23,25,30H,3,6,11-13,15-16H2,1H3,(H,32,33). The number of Topliss-reactive ketones (excluding diaryl/α,β-unsaturated/α-hetero) is 1. The molecule has 0 aromatic heterocycles. The topological polar surface area (TPSA) is 75.6 Å². The SMILES string of the molecule is CC(C(=O)CC1NCC(CC(=O)O)CC1c1cccc(Cl)c1)(c1ccc(Cl)cc1)C1CCCO1. The molecule has 2 aliphatic heterocycles. The van der Waals surface area contributed by atoms with Crippen LogP contribution in [0.2, 0.25) is 10.0 Å². The number of hydrogen-bond donors (Lipinski definition) is 2. The van der Waals surface area contributed by atoms with Crippen LogP contribution in [-0.4, -0.2) is 42.2 Å². The summed E-state index contributed by atoms with van der Waals surface area (Å²) in [6.45, 7) is 3.21. The molecule has 2 saturated heterocycles. The van der Waals surface area contributed by atoms with Crippen LogP contribution in [-0.2, 0) is 19.7 Å². The Labute approximate surface area is 210 Å². The number of hydrogen-bond acceptors (Lipinski definition) is 4. The van der Waals surface area contributed by atoms with Crippen molar-refractivity contribution >= 4 is 35.0 Å². The van der Waals surface area contributed by atoms with Crippen molar-refractivity contribution in [2.24, 2.45) is 5.92 Å². The second kappa shape index (κ2) is 10.8. The van der Waals surface area contributed by atoms with Gasteiger partial charge in [-0.15, -0.1) is 0 Å². The van der Waals surface area contributed by atoms with Gasteiger partial charge in [-0.2, -0.15) is 0 Å². The largest absolute Gasteiger partial charge is 0.481 e. The van der Waals surface area contributed by atoms with E-state index in [-0.39, 0.29) is 36.2 Å². The smallest absolute Gasteiger partial charge is 0.303 e. The maximum atomic E-state index is 14.0. The molecular formula is C27H31Cl2NO4. The quantitative estimate of drug-likeness (QED) is 0.488. The number of carbonyl (C=O) groups is 2. The monoisotopic (exact) mass is 503 g/mol. The fourth-order valence-corrected chi connectivity index (χ4v) is 5.88. The van der Waals surface area contributed by atoms with E-state index in [0.717, 1.165) is 24.0 Å². The third-order valence-electron chi connectivity index (χ3n) is 7.48. The molecule has 2 aliphatic rings. The molecule has 0 amide bonds. The van der Waals surface area contributed by atoms with Crippen LogP contribution in [0.5, 0.6) is 0 Å². The van der Waals surface area contributed by atoms with E-state index in [1.54, 1.807) is 0 Å². The summed E-state index contributed by atoms with van der Waals surface area (Å²) < 4.78 is 6.04. The Balaban J connectivity index is 1.62. The number of piperidine rings is 1. The second-order valence-electron chi connectivity index (χ2n) is 9.71. The highest BCUT2D eigenvalue weighted by atomic mass is 35.5. The summed E-state index contributed by atoms with van der Waals surface area (Å²) in [5.74, 6) is -0.712. The Morgan fingerprint density at radius 1 is 1.12 bits per heavy atom. The van der Waals surface area contributed by atoms with E-state index < -0.39 is 11.4 Å². The summed E-state index contributed by atoms with van der Waals surface area (Å²) in [7, 11) is 0. The van der Waals surface area contributed by atoms with Crippen molar-refractivity contribution in [1.82, 2.24) is 5.32 Å². The van der Waals surface area contributed by atoms with Crippen molar-refractivity contribution in [3.63, 3.8) is 0 Å². The predicted molar refractivity (Wildman–Crippen MR) is 134 cm³/mol. The van der Waals surface area contributed by atoms with Gasteiger partial charge in [0.05, 0.1) is 11.5 Å². The number of rotatable bonds is 8. The van der Waals surface area contributed by atoms with Gasteiger partial charge in [-0.25, -0.2) is 0 Å². The summed E-state index contributed by atoms with van der Waals surface area (Å²) in [5, 5.41) is 14.1. The zero-order valence-electron chi connectivity index (χ0n) is 19.3. The molecule has 2 aromatic rings. The molecule has 0 spiro atoms. The molecule has 0 aliphatic carbocycles. The molecule has 182 valence electrons. The fourth-order valence-electron chi connectivity index (χ4n) is 5.56. The van der Waals surface area contributed by atoms with Crippen LogP contribution in [0.25, 0.3) is 0 Å². The molecule has 0 radical (unpaired) electrons. The molecule has 2 aromatic carbocycles. The number of nitrogens with one attached hydrogen (secondary N) is 1. The fraction of sp³-hybridized carbons (Fsp3) is 0.481. The van der Waals surface area contributed by atoms with E-state index in [1.807, 2.05) is 55.5 Å². The molecule has 2 N–H and O–H groups in total. The van der Waals surface area contributed by atoms with Gasteiger partial charge in [0.15, 0.2) is 0 Å². The molecule has 2 heterocycles. The summed E-state index contributed by atoms with van der Waals surface area (Å²) >= 11 is 12.4. The van der Waals surface area contributed by atoms with Crippen LogP contribution in [0, 0.1) is 5.92 Å². The van der Waals surface area contributed by atoms with Crippen LogP contribution >= 0.6 is 23.2 Å². The Hall–Kier alpha value is -1.92. The van der Waals surface area contributed by atoms with E-state index >= 15 is 0 Å². The number of carboxylic acid groups (broad SMARTS) is 1. The molecule has 5 nitrogen and oxygen atoms in total. The van der Waals surface area contributed by atoms with Gasteiger partial charge in [0.1, 0.15) is 5.78 Å². The lowest BCUT2D eigenvalue weighted by Crippen LogP contribution is -2.50. The van der Waals surface area contributed by atoms with Crippen molar-refractivity contribution in [3.05, 3.63) is 69.7 Å². The Kier molecular flexibility index (Phi) is 7.98. The van der Waals surface area contributed by atoms with Gasteiger partial charge in [0.25, 0.3) is 0 Å². The van der Waals surface area contributed by atoms with Crippen molar-refractivity contribution < 1.29 is 19.4 Å². The zero-order valence-corrected chi connectivity index (χ0v) is 20.8. The molecule has 0 saturated carbocycles. The molecule has 5 unspecified atom stereocenters. The van der Waals surface area contributed by atoms with Gasteiger partial charge in [0.2, 0.25) is 0 Å². The van der Waals surface area contributed by atoms with E-state index in [9.17, 15) is 14.7 Å². The molecule has 4 rings (SSSR count). The molecule has 2 fully saturated rings. The zero-order chi connectivity index (χ0) is 24.3. The van der Waals surface area contributed by atoms with E-state index in [4.69, 9.17) is 27.9 Å². The van der Waals surface area contributed by atoms with Crippen LogP contribution in [0.4, 0.5) is 0 Å². The Bertz CT molecular complexity index is 1020. The Morgan fingerprint density at radius 2 is 1.88 bits per heavy atom. The minimum Gasteiger partial charge on any atom is -0.481 e. The molecule has 0 bridgehead atoms. The highest BCUT2D eigenvalue weighted by Gasteiger charge is 2.46. The average Bonchev–Trinajstić information content (AvgIpc) is 3.35. The van der Waals surface area contributed by atoms with Crippen molar-refractivity contribution in [1.29, 1.82) is 0 Å². The summed E-state index contributed by atoms with van der Waals surface area (Å²) in [6, 6.07) is 15.0. The lowest BCUT2D eigenvalue weighted by Gasteiger charge is -2.40. The van der Waals surface area contributed by atoms with Gasteiger partial charge in [-0.05, 0) is 74.0 Å². The normalized spacial score (nSPS) is 26.7. The average molecular weight is 504 g/mol. The predicted octanol–water partition coefficient (Wildman–Crippen LogP) is 5.63. The number of carboxylic acids is 1. The highest BCUT2D eigenvalue weighted by molar-refractivity contribution is 6.30. The van der Waals surface area contributed by atoms with E-state index in [0.29, 0.717) is 36.0 Å². The molecule has 5 atom stereocenters. The lowest BCUT2D eigenvalue weighted by molar-refractivity contribution is -0.138. The highest BCUT2D eigenvalue weighted by Crippen LogP contribution is 2.40. The van der Waals surface area contributed by atoms with Crippen LogP contribution < -0.4 is 5.32 Å². The minimum atomic E-state index is -0.806. The van der Waals surface area contributed by atoms with Crippen molar-refractivity contribution in [3.8, 4) is 0 Å². The number of ether oxygens (including phenoxy) is 1. The first-order valence-electron chi connectivity index (χ1n) is 11.9. The number of carbonyl (C=O) groups excluding carboxylic acids is 1. The third kappa shape index (κ3) is 5.49. The van der Waals surface area contributed by atoms with E-state index in [2.05, 4.69) is 5.32 Å². The number of ketones is 1. The van der Waals surface area contributed by atoms with Crippen LogP contribution in [0.1, 0.15) is 56.1 Å². The second-order valence-corrected chi connectivity index (χ2v) is 10.6. The summed E-state index contributed by atoms with van der Waals surface area (Å²) in [5.41, 5.74) is 1.14. The van der Waals surface area contributed by atoms with Gasteiger partial charge < -0.3 is 15.2 Å². The molecular weight excluding hydrogens is 473 g/mol. The van der Waals surface area contributed by atoms with E-state index in [1.165, 1.54) is 0 Å². The minimum absolute atomic E-state index is 0.00588. The third-order valence-corrected chi connectivity index (χ3v) is 7.97. The Morgan fingerprint density at radius 3 is 2.53 bits per heavy atom.